The van der Waals surface area contributed by atoms with Crippen LogP contribution in [0.2, 0.25) is 0 Å². The summed E-state index contributed by atoms with van der Waals surface area (Å²) in [5.41, 5.74) is 8.89. The predicted octanol–water partition coefficient (Wildman–Crippen LogP) is 2.95. The molecule has 0 bridgehead atoms. The molecule has 1 aromatic carbocycles. The van der Waals surface area contributed by atoms with Crippen molar-refractivity contribution in [1.29, 1.82) is 0 Å². The molecule has 4 nitrogen and oxygen atoms in total. The zero-order valence-corrected chi connectivity index (χ0v) is 13.2. The Morgan fingerprint density at radius 3 is 2.42 bits per heavy atom. The van der Waals surface area contributed by atoms with E-state index < -0.39 is 0 Å². The summed E-state index contributed by atoms with van der Waals surface area (Å²) in [7, 11) is 1.87. The number of nitrogens with two attached hydrogens (primary N) is 1. The molecule has 1 heterocycles. The molecule has 19 heavy (non-hydrogen) atoms. The van der Waals surface area contributed by atoms with Gasteiger partial charge in [-0.05, 0) is 36.6 Å². The molecule has 2 aromatic rings. The van der Waals surface area contributed by atoms with Gasteiger partial charge in [-0.3, -0.25) is 9.48 Å². The van der Waals surface area contributed by atoms with E-state index in [4.69, 9.17) is 5.73 Å². The summed E-state index contributed by atoms with van der Waals surface area (Å²) in [4.78, 5) is 12.3. The number of aryl methyl sites for hydroxylation is 1. The second-order valence-electron chi connectivity index (χ2n) is 5.03. The molecule has 0 aliphatic heterocycles. The Labute approximate surface area is 120 Å². The van der Waals surface area contributed by atoms with E-state index in [-0.39, 0.29) is 11.5 Å². The molecule has 0 fully saturated rings. The minimum Gasteiger partial charge on any atom is -0.393 e. The lowest BCUT2D eigenvalue weighted by Gasteiger charge is -2.12. The first-order valence-electron chi connectivity index (χ1n) is 6.18. The highest BCUT2D eigenvalue weighted by Crippen LogP contribution is 2.23. The second-order valence-corrected chi connectivity index (χ2v) is 5.88. The van der Waals surface area contributed by atoms with Gasteiger partial charge in [0.05, 0.1) is 11.4 Å². The van der Waals surface area contributed by atoms with Crippen LogP contribution in [-0.2, 0) is 7.05 Å². The van der Waals surface area contributed by atoms with Crippen LogP contribution >= 0.6 is 15.9 Å². The van der Waals surface area contributed by atoms with Crippen molar-refractivity contribution in [3.8, 4) is 5.69 Å². The maximum absolute atomic E-state index is 12.3. The molecule has 2 N–H and O–H groups in total. The molecule has 0 aliphatic rings. The molecule has 0 amide bonds. The molecule has 5 heteroatoms. The minimum absolute atomic E-state index is 0.159. The molecule has 1 aromatic heterocycles. The summed E-state index contributed by atoms with van der Waals surface area (Å²) in [6, 6.07) is 5.81. The van der Waals surface area contributed by atoms with Crippen LogP contribution in [0, 0.1) is 6.92 Å². The average Bonchev–Trinajstić information content (AvgIpc) is 2.54. The molecule has 0 radical (unpaired) electrons. The predicted molar refractivity (Wildman–Crippen MR) is 81.9 cm³/mol. The van der Waals surface area contributed by atoms with Crippen molar-refractivity contribution < 1.29 is 0 Å². The normalized spacial score (nSPS) is 11.3. The fraction of sp³-hybridized carbons (Fsp3) is 0.357. The summed E-state index contributed by atoms with van der Waals surface area (Å²) in [6.07, 6.45) is 0. The van der Waals surface area contributed by atoms with Gasteiger partial charge in [0.25, 0.3) is 5.56 Å². The molecule has 0 saturated heterocycles. The Morgan fingerprint density at radius 2 is 1.95 bits per heavy atom. The highest BCUT2D eigenvalue weighted by molar-refractivity contribution is 9.10. The lowest BCUT2D eigenvalue weighted by Crippen LogP contribution is -2.20. The largest absolute Gasteiger partial charge is 0.393 e. The lowest BCUT2D eigenvalue weighted by atomic mass is 10.1. The summed E-state index contributed by atoms with van der Waals surface area (Å²) in [5.74, 6) is 0.204. The Balaban J connectivity index is 2.73. The van der Waals surface area contributed by atoms with Gasteiger partial charge < -0.3 is 5.73 Å². The van der Waals surface area contributed by atoms with Gasteiger partial charge in [-0.2, -0.15) is 0 Å². The Morgan fingerprint density at radius 1 is 1.32 bits per heavy atom. The van der Waals surface area contributed by atoms with Gasteiger partial charge in [0, 0.05) is 11.5 Å². The highest BCUT2D eigenvalue weighted by Gasteiger charge is 2.18. The Kier molecular flexibility index (Phi) is 3.58. The smallest absolute Gasteiger partial charge is 0.294 e. The van der Waals surface area contributed by atoms with E-state index in [0.29, 0.717) is 5.69 Å². The molecule has 2 rings (SSSR count). The zero-order valence-electron chi connectivity index (χ0n) is 11.6. The van der Waals surface area contributed by atoms with Crippen molar-refractivity contribution in [2.24, 2.45) is 7.05 Å². The van der Waals surface area contributed by atoms with Crippen LogP contribution in [0.3, 0.4) is 0 Å². The molecule has 0 unspecified atom stereocenters. The fourth-order valence-corrected chi connectivity index (χ4v) is 2.62. The van der Waals surface area contributed by atoms with E-state index in [0.717, 1.165) is 21.4 Å². The zero-order chi connectivity index (χ0) is 14.3. The van der Waals surface area contributed by atoms with Crippen molar-refractivity contribution in [3.63, 3.8) is 0 Å². The van der Waals surface area contributed by atoms with Crippen molar-refractivity contribution in [2.75, 3.05) is 5.73 Å². The first-order valence-corrected chi connectivity index (χ1v) is 6.97. The number of nitrogens with zero attached hydrogens (tertiary/aromatic N) is 2. The number of hydrogen-bond acceptors (Lipinski definition) is 2. The summed E-state index contributed by atoms with van der Waals surface area (Å²) in [6.45, 7) is 6.05. The summed E-state index contributed by atoms with van der Waals surface area (Å²) in [5, 5.41) is 0. The number of halogens is 1. The number of benzene rings is 1. The summed E-state index contributed by atoms with van der Waals surface area (Å²) < 4.78 is 4.48. The SMILES string of the molecule is Cc1cc(-n2c(=O)c(N)c(C(C)C)n2C)ccc1Br. The topological polar surface area (TPSA) is 52.9 Å². The van der Waals surface area contributed by atoms with E-state index in [2.05, 4.69) is 15.9 Å². The number of nitrogen functional groups attached to an aromatic ring is 1. The van der Waals surface area contributed by atoms with Crippen LogP contribution in [0.25, 0.3) is 5.69 Å². The van der Waals surface area contributed by atoms with Crippen LogP contribution in [0.4, 0.5) is 5.69 Å². The molecular formula is C14H18BrN3O. The number of hydrogen-bond donors (Lipinski definition) is 1. The van der Waals surface area contributed by atoms with Gasteiger partial charge in [-0.15, -0.1) is 0 Å². The van der Waals surface area contributed by atoms with Crippen molar-refractivity contribution >= 4 is 21.6 Å². The Bertz CT molecular complexity index is 683. The number of anilines is 1. The molecule has 0 saturated carbocycles. The first kappa shape index (κ1) is 13.9. The number of rotatable bonds is 2. The van der Waals surface area contributed by atoms with Gasteiger partial charge in [0.15, 0.2) is 0 Å². The van der Waals surface area contributed by atoms with Gasteiger partial charge in [0.1, 0.15) is 5.69 Å². The molecular weight excluding hydrogens is 306 g/mol. The molecule has 0 atom stereocenters. The molecule has 102 valence electrons. The minimum atomic E-state index is -0.159. The maximum atomic E-state index is 12.3. The third-order valence-electron chi connectivity index (χ3n) is 3.28. The standard InChI is InChI=1S/C14H18BrN3O/c1-8(2)13-12(16)14(19)18(17(13)4)10-5-6-11(15)9(3)7-10/h5-8H,16H2,1-4H3. The molecule has 0 spiro atoms. The third kappa shape index (κ3) is 2.23. The quantitative estimate of drug-likeness (QED) is 0.923. The number of aromatic nitrogens is 2. The van der Waals surface area contributed by atoms with Crippen LogP contribution in [0.15, 0.2) is 27.5 Å². The summed E-state index contributed by atoms with van der Waals surface area (Å²) >= 11 is 3.46. The van der Waals surface area contributed by atoms with Crippen molar-refractivity contribution in [2.45, 2.75) is 26.7 Å². The maximum Gasteiger partial charge on any atom is 0.294 e. The van der Waals surface area contributed by atoms with Crippen molar-refractivity contribution in [3.05, 3.63) is 44.3 Å². The third-order valence-corrected chi connectivity index (χ3v) is 4.17. The average molecular weight is 324 g/mol. The van der Waals surface area contributed by atoms with E-state index in [1.807, 2.05) is 50.7 Å². The van der Waals surface area contributed by atoms with Crippen LogP contribution in [-0.4, -0.2) is 9.36 Å². The van der Waals surface area contributed by atoms with Gasteiger partial charge in [-0.25, -0.2) is 4.68 Å². The monoisotopic (exact) mass is 323 g/mol. The van der Waals surface area contributed by atoms with Crippen LogP contribution in [0.5, 0.6) is 0 Å². The lowest BCUT2D eigenvalue weighted by molar-refractivity contribution is 0.595. The first-order chi connectivity index (χ1) is 8.84. The second kappa shape index (κ2) is 4.89. The van der Waals surface area contributed by atoms with E-state index in [1.165, 1.54) is 0 Å². The van der Waals surface area contributed by atoms with Gasteiger partial charge >= 0.3 is 0 Å². The van der Waals surface area contributed by atoms with E-state index in [1.54, 1.807) is 4.68 Å². The van der Waals surface area contributed by atoms with Crippen LogP contribution < -0.4 is 11.3 Å². The van der Waals surface area contributed by atoms with E-state index in [9.17, 15) is 4.79 Å². The fourth-order valence-electron chi connectivity index (χ4n) is 2.38. The molecule has 0 aliphatic carbocycles. The van der Waals surface area contributed by atoms with Gasteiger partial charge in [-0.1, -0.05) is 29.8 Å². The Hall–Kier alpha value is -1.49. The van der Waals surface area contributed by atoms with Crippen molar-refractivity contribution in [1.82, 2.24) is 9.36 Å². The van der Waals surface area contributed by atoms with E-state index >= 15 is 0 Å². The van der Waals surface area contributed by atoms with Crippen LogP contribution in [0.1, 0.15) is 31.0 Å². The van der Waals surface area contributed by atoms with Gasteiger partial charge in [0.2, 0.25) is 0 Å². The highest BCUT2D eigenvalue weighted by atomic mass is 79.9.